The van der Waals surface area contributed by atoms with E-state index in [1.165, 1.54) is 57.8 Å². The molecule has 2 atom stereocenters. The van der Waals surface area contributed by atoms with Gasteiger partial charge in [-0.3, -0.25) is 8.37 Å². The molecule has 11 nitrogen and oxygen atoms in total. The Hall–Kier alpha value is 1.62. The predicted octanol–water partition coefficient (Wildman–Crippen LogP) is -0.203. The molecule has 0 spiro atoms. The summed E-state index contributed by atoms with van der Waals surface area (Å²) in [7, 11) is -9.61. The molecule has 0 aromatic carbocycles. The fourth-order valence-electron chi connectivity index (χ4n) is 4.42. The van der Waals surface area contributed by atoms with E-state index in [0.717, 1.165) is 44.9 Å². The van der Waals surface area contributed by atoms with E-state index in [1.807, 2.05) is 0 Å². The van der Waals surface area contributed by atoms with Gasteiger partial charge in [0.05, 0.1) is 51.8 Å². The Morgan fingerprint density at radius 3 is 1.40 bits per heavy atom. The largest absolute Gasteiger partial charge is 1.00 e. The first kappa shape index (κ1) is 49.0. The van der Waals surface area contributed by atoms with Gasteiger partial charge in [-0.05, 0) is 12.8 Å². The molecule has 248 valence electrons. The van der Waals surface area contributed by atoms with E-state index in [2.05, 4.69) is 22.2 Å². The Bertz CT molecular complexity index is 788. The van der Waals surface area contributed by atoms with E-state index >= 15 is 0 Å². The van der Waals surface area contributed by atoms with Crippen molar-refractivity contribution in [2.75, 3.05) is 39.6 Å². The van der Waals surface area contributed by atoms with Crippen LogP contribution in [0.3, 0.4) is 0 Å². The summed E-state index contributed by atoms with van der Waals surface area (Å²) in [5.74, 6) is 0. The van der Waals surface area contributed by atoms with Crippen LogP contribution >= 0.6 is 0 Å². The zero-order chi connectivity index (χ0) is 30.7. The summed E-state index contributed by atoms with van der Waals surface area (Å²) in [4.78, 5) is 0. The molecule has 15 heteroatoms. The minimum atomic E-state index is -4.82. The van der Waals surface area contributed by atoms with Crippen LogP contribution in [0.1, 0.15) is 129 Å². The minimum Gasteiger partial charge on any atom is -0.726 e. The number of hydrogen-bond acceptors (Lipinski definition) is 11. The predicted molar refractivity (Wildman–Crippen MR) is 156 cm³/mol. The van der Waals surface area contributed by atoms with Crippen molar-refractivity contribution in [1.82, 2.24) is 0 Å². The second kappa shape index (κ2) is 33.5. The Kier molecular flexibility index (Phi) is 38.2. The zero-order valence-electron chi connectivity index (χ0n) is 27.4. The topological polar surface area (TPSA) is 161 Å². The van der Waals surface area contributed by atoms with Crippen LogP contribution in [0.15, 0.2) is 0 Å². The van der Waals surface area contributed by atoms with Crippen molar-refractivity contribution in [2.45, 2.75) is 142 Å². The fraction of sp³-hybridized carbons (Fsp3) is 1.00. The number of unbranched alkanes of at least 4 members (excludes halogenated alkanes) is 14. The van der Waals surface area contributed by atoms with Crippen LogP contribution in [0, 0.1) is 0 Å². The smallest absolute Gasteiger partial charge is 0.726 e. The molecular weight excluding hydrogens is 622 g/mol. The van der Waals surface area contributed by atoms with Crippen molar-refractivity contribution in [3.8, 4) is 0 Å². The second-order valence-corrected chi connectivity index (χ2v) is 12.6. The summed E-state index contributed by atoms with van der Waals surface area (Å²) in [6.45, 7) is 4.79. The average molecular weight is 679 g/mol. The van der Waals surface area contributed by atoms with Gasteiger partial charge in [0, 0.05) is 0 Å². The Morgan fingerprint density at radius 1 is 0.512 bits per heavy atom. The van der Waals surface area contributed by atoms with E-state index in [4.69, 9.17) is 14.2 Å². The van der Waals surface area contributed by atoms with E-state index < -0.39 is 33.0 Å². The maximum Gasteiger partial charge on any atom is 1.00 e. The molecule has 0 aromatic rings. The molecule has 0 heterocycles. The molecule has 0 fully saturated rings. The van der Waals surface area contributed by atoms with Gasteiger partial charge in [-0.1, -0.05) is 117 Å². The standard InChI is InChI=1S/C28H58O11S2.2Na/c1-3-5-7-9-11-13-15-17-19-27(26-38-40(29,30)31)37-24-23-35-21-22-36-25-28(39-41(32,33)34)20-18-16-14-12-10-8-6-4-2;;/h27-28H,3-26H2,1-2H3,(H,29,30,31)(H,32,33,34);;/q;2*+1/p-2. The maximum atomic E-state index is 11.1. The summed E-state index contributed by atoms with van der Waals surface area (Å²) in [6, 6.07) is 0. The van der Waals surface area contributed by atoms with Gasteiger partial charge < -0.3 is 23.3 Å². The van der Waals surface area contributed by atoms with Crippen LogP contribution in [0.2, 0.25) is 0 Å². The molecule has 0 bridgehead atoms. The fourth-order valence-corrected chi connectivity index (χ4v) is 5.22. The molecule has 0 amide bonds. The van der Waals surface area contributed by atoms with Gasteiger partial charge in [0.15, 0.2) is 0 Å². The minimum absolute atomic E-state index is 0. The van der Waals surface area contributed by atoms with E-state index in [9.17, 15) is 25.9 Å². The van der Waals surface area contributed by atoms with Crippen molar-refractivity contribution in [3.05, 3.63) is 0 Å². The first-order chi connectivity index (χ1) is 19.6. The maximum absolute atomic E-state index is 11.1. The molecule has 0 saturated carbocycles. The van der Waals surface area contributed by atoms with Gasteiger partial charge in [0.2, 0.25) is 20.8 Å². The van der Waals surface area contributed by atoms with Gasteiger partial charge in [-0.25, -0.2) is 16.8 Å². The molecular formula is C28H56Na2O11S2. The molecule has 0 aliphatic heterocycles. The molecule has 0 aromatic heterocycles. The third kappa shape index (κ3) is 39.7. The zero-order valence-corrected chi connectivity index (χ0v) is 33.1. The summed E-state index contributed by atoms with van der Waals surface area (Å²) in [5, 5.41) is 0. The van der Waals surface area contributed by atoms with Crippen molar-refractivity contribution in [1.29, 1.82) is 0 Å². The number of rotatable bonds is 32. The molecule has 0 radical (unpaired) electrons. The second-order valence-electron chi connectivity index (χ2n) is 10.5. The first-order valence-electron chi connectivity index (χ1n) is 15.6. The van der Waals surface area contributed by atoms with Crippen LogP contribution < -0.4 is 59.1 Å². The normalized spacial score (nSPS) is 13.3. The molecule has 0 N–H and O–H groups in total. The summed E-state index contributed by atoms with van der Waals surface area (Å²) in [5.41, 5.74) is 0. The molecule has 2 unspecified atom stereocenters. The van der Waals surface area contributed by atoms with Crippen LogP contribution in [0.25, 0.3) is 0 Å². The van der Waals surface area contributed by atoms with Gasteiger partial charge >= 0.3 is 59.1 Å². The Morgan fingerprint density at radius 2 is 0.930 bits per heavy atom. The van der Waals surface area contributed by atoms with Gasteiger partial charge in [0.1, 0.15) is 0 Å². The number of hydrogen-bond donors (Lipinski definition) is 0. The first-order valence-corrected chi connectivity index (χ1v) is 18.3. The van der Waals surface area contributed by atoms with Gasteiger partial charge in [-0.2, -0.15) is 0 Å². The third-order valence-electron chi connectivity index (χ3n) is 6.67. The van der Waals surface area contributed by atoms with Crippen molar-refractivity contribution < 1.29 is 108 Å². The Labute approximate surface area is 307 Å². The van der Waals surface area contributed by atoms with Crippen LogP contribution in [0.5, 0.6) is 0 Å². The van der Waals surface area contributed by atoms with Crippen LogP contribution in [0.4, 0.5) is 0 Å². The average Bonchev–Trinajstić information content (AvgIpc) is 2.89. The molecule has 43 heavy (non-hydrogen) atoms. The quantitative estimate of drug-likeness (QED) is 0.0401. The molecule has 0 aliphatic carbocycles. The summed E-state index contributed by atoms with van der Waals surface area (Å²) in [6.07, 6.45) is 17.5. The van der Waals surface area contributed by atoms with Gasteiger partial charge in [-0.15, -0.1) is 0 Å². The van der Waals surface area contributed by atoms with Crippen molar-refractivity contribution in [2.24, 2.45) is 0 Å². The van der Waals surface area contributed by atoms with Crippen LogP contribution in [-0.4, -0.2) is 77.8 Å². The summed E-state index contributed by atoms with van der Waals surface area (Å²) >= 11 is 0. The van der Waals surface area contributed by atoms with Crippen molar-refractivity contribution >= 4 is 20.8 Å². The van der Waals surface area contributed by atoms with E-state index in [1.54, 1.807) is 0 Å². The molecule has 0 rings (SSSR count). The van der Waals surface area contributed by atoms with Gasteiger partial charge in [0.25, 0.3) is 0 Å². The summed E-state index contributed by atoms with van der Waals surface area (Å²) < 4.78 is 91.3. The van der Waals surface area contributed by atoms with Crippen molar-refractivity contribution in [3.63, 3.8) is 0 Å². The molecule has 0 aliphatic rings. The molecule has 0 saturated heterocycles. The van der Waals surface area contributed by atoms with Crippen LogP contribution in [-0.2, 0) is 43.4 Å². The van der Waals surface area contributed by atoms with E-state index in [0.29, 0.717) is 12.8 Å². The monoisotopic (exact) mass is 678 g/mol. The number of ether oxygens (including phenoxy) is 3. The Balaban J connectivity index is -0.00000800. The van der Waals surface area contributed by atoms with E-state index in [-0.39, 0.29) is 98.8 Å². The third-order valence-corrected chi connectivity index (χ3v) is 7.60. The SMILES string of the molecule is CCCCCCCCCCC(COS(=O)(=O)[O-])OCCOCCOCC(CCCCCCCCCC)OS(=O)(=O)[O-].[Na+].[Na+].